The Bertz CT molecular complexity index is 1670. The first kappa shape index (κ1) is 34.0. The van der Waals surface area contributed by atoms with Gasteiger partial charge in [-0.05, 0) is 28.8 Å². The van der Waals surface area contributed by atoms with E-state index >= 15 is 0 Å². The molecule has 0 aromatic heterocycles. The van der Waals surface area contributed by atoms with E-state index in [-0.39, 0.29) is 48.4 Å². The van der Waals surface area contributed by atoms with Crippen molar-refractivity contribution in [2.24, 2.45) is 0 Å². The Labute approximate surface area is 280 Å². The smallest absolute Gasteiger partial charge is 0.408 e. The first-order valence-corrected chi connectivity index (χ1v) is 16.3. The van der Waals surface area contributed by atoms with Gasteiger partial charge in [0.05, 0.1) is 17.1 Å². The Kier molecular flexibility index (Phi) is 11.3. The van der Waals surface area contributed by atoms with Gasteiger partial charge in [-0.1, -0.05) is 74.0 Å². The highest BCUT2D eigenvalue weighted by molar-refractivity contribution is 8.00. The number of rotatable bonds is 14. The highest BCUT2D eigenvalue weighted by Gasteiger charge is 2.55. The van der Waals surface area contributed by atoms with Crippen LogP contribution in [0.25, 0.3) is 0 Å². The quantitative estimate of drug-likeness (QED) is 0.0814. The van der Waals surface area contributed by atoms with Crippen molar-refractivity contribution in [2.45, 2.75) is 57.0 Å². The number of non-ortho nitro benzene ring substituents is 1. The summed E-state index contributed by atoms with van der Waals surface area (Å²) in [5.74, 6) is -1.42. The zero-order valence-corrected chi connectivity index (χ0v) is 26.9. The monoisotopic (exact) mass is 674 g/mol. The zero-order valence-electron chi connectivity index (χ0n) is 26.0. The van der Waals surface area contributed by atoms with Crippen LogP contribution in [0.15, 0.2) is 96.4 Å². The molecule has 1 saturated heterocycles. The number of nitrogens with one attached hydrogen (secondary N) is 2. The van der Waals surface area contributed by atoms with Crippen LogP contribution in [0.5, 0.6) is 0 Å². The van der Waals surface area contributed by atoms with Gasteiger partial charge < -0.3 is 24.8 Å². The van der Waals surface area contributed by atoms with Crippen LogP contribution in [0.4, 0.5) is 10.5 Å². The van der Waals surface area contributed by atoms with Crippen molar-refractivity contribution in [3.63, 3.8) is 0 Å². The Morgan fingerprint density at radius 3 is 2.21 bits per heavy atom. The normalized spacial score (nSPS) is 17.4. The topological polar surface area (TPSA) is 166 Å². The SMILES string of the molecule is CCCC(NC(=O)Cc1ccccc1)OC1=C(C(=O)OCc2ccc([N+](=O)[O-])cc2)N2C(=O)[C@H](NC(=O)OCc3ccccc3)[C@@H]2SC1. The Hall–Kier alpha value is -5.37. The molecule has 1 fully saturated rings. The molecule has 0 saturated carbocycles. The van der Waals surface area contributed by atoms with Gasteiger partial charge in [0, 0.05) is 18.6 Å². The molecule has 0 radical (unpaired) electrons. The van der Waals surface area contributed by atoms with Crippen LogP contribution in [0.3, 0.4) is 0 Å². The van der Waals surface area contributed by atoms with E-state index in [1.807, 2.05) is 55.5 Å². The molecule has 0 aliphatic carbocycles. The number of carbonyl (C=O) groups excluding carboxylic acids is 4. The highest BCUT2D eigenvalue weighted by atomic mass is 32.2. The van der Waals surface area contributed by atoms with Crippen LogP contribution < -0.4 is 10.6 Å². The van der Waals surface area contributed by atoms with Crippen molar-refractivity contribution in [1.82, 2.24) is 15.5 Å². The number of hydrogen-bond acceptors (Lipinski definition) is 10. The summed E-state index contributed by atoms with van der Waals surface area (Å²) in [6.45, 7) is 1.71. The van der Waals surface area contributed by atoms with Crippen LogP contribution in [0.2, 0.25) is 0 Å². The second kappa shape index (κ2) is 16.0. The fourth-order valence-corrected chi connectivity index (χ4v) is 6.36. The van der Waals surface area contributed by atoms with E-state index in [2.05, 4.69) is 10.6 Å². The first-order chi connectivity index (χ1) is 23.2. The average molecular weight is 675 g/mol. The van der Waals surface area contributed by atoms with E-state index in [0.29, 0.717) is 18.4 Å². The molecule has 250 valence electrons. The molecule has 1 unspecified atom stereocenters. The molecule has 3 atom stereocenters. The molecule has 3 amide bonds. The van der Waals surface area contributed by atoms with E-state index in [1.54, 1.807) is 12.1 Å². The number of nitro groups is 1. The van der Waals surface area contributed by atoms with Crippen molar-refractivity contribution >= 4 is 41.3 Å². The number of nitrogens with zero attached hydrogens (tertiary/aromatic N) is 2. The number of ether oxygens (including phenoxy) is 3. The minimum Gasteiger partial charge on any atom is -0.472 e. The lowest BCUT2D eigenvalue weighted by Gasteiger charge is -2.49. The predicted molar refractivity (Wildman–Crippen MR) is 175 cm³/mol. The molecular formula is C34H34N4O9S. The van der Waals surface area contributed by atoms with E-state index < -0.39 is 40.5 Å². The third-order valence-electron chi connectivity index (χ3n) is 7.49. The van der Waals surface area contributed by atoms with E-state index in [0.717, 1.165) is 11.1 Å². The summed E-state index contributed by atoms with van der Waals surface area (Å²) >= 11 is 1.28. The van der Waals surface area contributed by atoms with Gasteiger partial charge in [-0.15, -0.1) is 11.8 Å². The Balaban J connectivity index is 1.31. The lowest BCUT2D eigenvalue weighted by Crippen LogP contribution is -2.70. The van der Waals surface area contributed by atoms with Gasteiger partial charge >= 0.3 is 12.1 Å². The molecule has 2 heterocycles. The molecule has 13 nitrogen and oxygen atoms in total. The second-order valence-electron chi connectivity index (χ2n) is 11.0. The van der Waals surface area contributed by atoms with E-state index in [4.69, 9.17) is 14.2 Å². The minimum absolute atomic E-state index is 0.0159. The number of fused-ring (bicyclic) bond motifs is 1. The highest BCUT2D eigenvalue weighted by Crippen LogP contribution is 2.41. The van der Waals surface area contributed by atoms with Crippen molar-refractivity contribution in [1.29, 1.82) is 0 Å². The molecule has 2 aliphatic heterocycles. The number of thioether (sulfide) groups is 1. The van der Waals surface area contributed by atoms with Crippen LogP contribution in [0, 0.1) is 10.1 Å². The zero-order chi connectivity index (χ0) is 34.0. The van der Waals surface area contributed by atoms with Crippen molar-refractivity contribution in [2.75, 3.05) is 5.75 Å². The molecule has 2 N–H and O–H groups in total. The fraction of sp³-hybridized carbons (Fsp3) is 0.294. The van der Waals surface area contributed by atoms with Gasteiger partial charge in [0.25, 0.3) is 11.6 Å². The molecule has 0 spiro atoms. The summed E-state index contributed by atoms with van der Waals surface area (Å²) in [6.07, 6.45) is -0.375. The molecule has 2 aliphatic rings. The average Bonchev–Trinajstić information content (AvgIpc) is 3.09. The molecule has 14 heteroatoms. The second-order valence-corrected chi connectivity index (χ2v) is 12.1. The fourth-order valence-electron chi connectivity index (χ4n) is 5.10. The molecule has 48 heavy (non-hydrogen) atoms. The number of benzene rings is 3. The van der Waals surface area contributed by atoms with Crippen LogP contribution in [-0.4, -0.2) is 57.1 Å². The van der Waals surface area contributed by atoms with Gasteiger partial charge in [-0.3, -0.25) is 24.6 Å². The summed E-state index contributed by atoms with van der Waals surface area (Å²) in [4.78, 5) is 64.2. The van der Waals surface area contributed by atoms with E-state index in [1.165, 1.54) is 40.9 Å². The third kappa shape index (κ3) is 8.50. The molecule has 3 aromatic carbocycles. The van der Waals surface area contributed by atoms with Gasteiger partial charge in [0.15, 0.2) is 11.9 Å². The maximum absolute atomic E-state index is 13.6. The summed E-state index contributed by atoms with van der Waals surface area (Å²) in [7, 11) is 0. The van der Waals surface area contributed by atoms with Gasteiger partial charge in [-0.2, -0.15) is 0 Å². The number of amides is 3. The Morgan fingerprint density at radius 2 is 1.56 bits per heavy atom. The number of carbonyl (C=O) groups is 4. The summed E-state index contributed by atoms with van der Waals surface area (Å²) in [6, 6.07) is 22.9. The molecular weight excluding hydrogens is 640 g/mol. The number of alkyl carbamates (subject to hydrolysis) is 1. The molecule has 5 rings (SSSR count). The summed E-state index contributed by atoms with van der Waals surface area (Å²) < 4.78 is 17.1. The third-order valence-corrected chi connectivity index (χ3v) is 8.75. The van der Waals surface area contributed by atoms with Crippen molar-refractivity contribution < 1.29 is 38.3 Å². The van der Waals surface area contributed by atoms with Crippen molar-refractivity contribution in [3.05, 3.63) is 123 Å². The Morgan fingerprint density at radius 1 is 0.938 bits per heavy atom. The largest absolute Gasteiger partial charge is 0.472 e. The lowest BCUT2D eigenvalue weighted by atomic mass is 10.0. The van der Waals surface area contributed by atoms with Crippen LogP contribution >= 0.6 is 11.8 Å². The van der Waals surface area contributed by atoms with Crippen molar-refractivity contribution in [3.8, 4) is 0 Å². The van der Waals surface area contributed by atoms with Crippen LogP contribution in [0.1, 0.15) is 36.5 Å². The number of hydrogen-bond donors (Lipinski definition) is 2. The molecule has 0 bridgehead atoms. The number of esters is 1. The van der Waals surface area contributed by atoms with E-state index in [9.17, 15) is 29.3 Å². The minimum atomic E-state index is -0.964. The first-order valence-electron chi connectivity index (χ1n) is 15.3. The summed E-state index contributed by atoms with van der Waals surface area (Å²) in [5.41, 5.74) is 1.84. The van der Waals surface area contributed by atoms with Gasteiger partial charge in [0.1, 0.15) is 30.4 Å². The maximum Gasteiger partial charge on any atom is 0.408 e. The van der Waals surface area contributed by atoms with Gasteiger partial charge in [0.2, 0.25) is 5.91 Å². The van der Waals surface area contributed by atoms with Crippen LogP contribution in [-0.2, 0) is 48.2 Å². The summed E-state index contributed by atoms with van der Waals surface area (Å²) in [5, 5.41) is 15.8. The standard InChI is InChI=1S/C34H34N4O9S/c1-2-9-28(35-27(39)18-22-10-5-3-6-11-22)47-26-21-48-32-29(36-34(42)46-20-23-12-7-4-8-13-23)31(40)37(32)30(26)33(41)45-19-24-14-16-25(17-15-24)38(43)44/h3-8,10-17,28-29,32H,2,9,18-21H2,1H3,(H,35,39)(H,36,42)/t28?,29-,32-/m0/s1. The number of nitro benzene ring substituents is 1. The predicted octanol–water partition coefficient (Wildman–Crippen LogP) is 4.56. The lowest BCUT2D eigenvalue weighted by molar-refractivity contribution is -0.384. The number of β-lactam (4-membered cyclic amide) rings is 1. The van der Waals surface area contributed by atoms with Gasteiger partial charge in [-0.25, -0.2) is 9.59 Å². The maximum atomic E-state index is 13.6. The molecule has 3 aromatic rings.